The van der Waals surface area contributed by atoms with Crippen molar-refractivity contribution in [3.63, 3.8) is 0 Å². The molecule has 1 saturated heterocycles. The molecule has 3 heterocycles. The Bertz CT molecular complexity index is 967. The monoisotopic (exact) mass is 434 g/mol. The van der Waals surface area contributed by atoms with E-state index in [0.717, 1.165) is 50.5 Å². The van der Waals surface area contributed by atoms with Crippen LogP contribution in [0.5, 0.6) is 0 Å². The van der Waals surface area contributed by atoms with E-state index in [1.54, 1.807) is 0 Å². The first-order valence-corrected chi connectivity index (χ1v) is 11.8. The summed E-state index contributed by atoms with van der Waals surface area (Å²) in [6.45, 7) is 6.71. The fourth-order valence-corrected chi connectivity index (χ4v) is 4.94. The number of aromatic nitrogens is 2. The van der Waals surface area contributed by atoms with Gasteiger partial charge in [-0.05, 0) is 18.5 Å². The van der Waals surface area contributed by atoms with Crippen molar-refractivity contribution in [1.82, 2.24) is 24.9 Å². The largest absolute Gasteiger partial charge is 0.311 e. The summed E-state index contributed by atoms with van der Waals surface area (Å²) >= 11 is 1.84. The number of hydrogen-bond acceptors (Lipinski definition) is 6. The van der Waals surface area contributed by atoms with E-state index in [1.165, 1.54) is 10.4 Å². The summed E-state index contributed by atoms with van der Waals surface area (Å²) in [7, 11) is 2.20. The lowest BCUT2D eigenvalue weighted by Crippen LogP contribution is -2.47. The third-order valence-corrected chi connectivity index (χ3v) is 6.81. The molecule has 0 aliphatic carbocycles. The van der Waals surface area contributed by atoms with Gasteiger partial charge >= 0.3 is 0 Å². The fraction of sp³-hybridized carbons (Fsp3) is 0.417. The Labute approximate surface area is 188 Å². The highest BCUT2D eigenvalue weighted by Crippen LogP contribution is 2.26. The van der Waals surface area contributed by atoms with E-state index in [1.807, 2.05) is 34.2 Å². The van der Waals surface area contributed by atoms with Crippen molar-refractivity contribution in [2.45, 2.75) is 25.6 Å². The first-order chi connectivity index (χ1) is 15.2. The van der Waals surface area contributed by atoms with Crippen molar-refractivity contribution in [2.75, 3.05) is 39.8 Å². The smallest absolute Gasteiger partial charge is 0.0968 e. The van der Waals surface area contributed by atoms with E-state index >= 15 is 0 Å². The van der Waals surface area contributed by atoms with Crippen molar-refractivity contribution in [1.29, 1.82) is 5.26 Å². The van der Waals surface area contributed by atoms with Crippen LogP contribution in [0.25, 0.3) is 11.3 Å². The Morgan fingerprint density at radius 3 is 2.65 bits per heavy atom. The van der Waals surface area contributed by atoms with Crippen molar-refractivity contribution in [2.24, 2.45) is 0 Å². The molecule has 1 aliphatic heterocycles. The van der Waals surface area contributed by atoms with E-state index in [9.17, 15) is 0 Å². The number of hydrogen-bond donors (Lipinski definition) is 1. The molecule has 0 amide bonds. The van der Waals surface area contributed by atoms with Gasteiger partial charge in [-0.25, -0.2) is 0 Å². The molecule has 1 atom stereocenters. The molecule has 1 aromatic carbocycles. The molecule has 1 fully saturated rings. The predicted molar refractivity (Wildman–Crippen MR) is 126 cm³/mol. The topological polar surface area (TPSA) is 60.1 Å². The molecular weight excluding hydrogens is 404 g/mol. The minimum atomic E-state index is 0.391. The average Bonchev–Trinajstić information content (AvgIpc) is 3.47. The van der Waals surface area contributed by atoms with Crippen LogP contribution in [0, 0.1) is 11.3 Å². The molecule has 162 valence electrons. The molecule has 3 aromatic rings. The lowest BCUT2D eigenvalue weighted by Gasteiger charge is -2.37. The second-order valence-corrected chi connectivity index (χ2v) is 9.02. The average molecular weight is 435 g/mol. The van der Waals surface area contributed by atoms with Crippen molar-refractivity contribution in [3.05, 3.63) is 64.5 Å². The highest BCUT2D eigenvalue weighted by molar-refractivity contribution is 7.10. The molecule has 2 aromatic heterocycles. The van der Waals surface area contributed by atoms with Gasteiger partial charge in [0.05, 0.1) is 30.8 Å². The maximum absolute atomic E-state index is 8.94. The van der Waals surface area contributed by atoms with E-state index in [-0.39, 0.29) is 0 Å². The Hall–Kier alpha value is -2.50. The van der Waals surface area contributed by atoms with Crippen LogP contribution in [0.3, 0.4) is 0 Å². The van der Waals surface area contributed by atoms with Crippen LogP contribution in [-0.4, -0.2) is 59.4 Å². The number of rotatable bonds is 9. The number of thiophene rings is 1. The van der Waals surface area contributed by atoms with Crippen LogP contribution >= 0.6 is 11.3 Å². The molecular formula is C24H30N6S. The fourth-order valence-electron chi connectivity index (χ4n) is 4.08. The van der Waals surface area contributed by atoms with Gasteiger partial charge in [-0.15, -0.1) is 11.3 Å². The summed E-state index contributed by atoms with van der Waals surface area (Å²) < 4.78 is 1.90. The molecule has 0 spiro atoms. The van der Waals surface area contributed by atoms with E-state index < -0.39 is 0 Å². The Kier molecular flexibility index (Phi) is 7.49. The summed E-state index contributed by atoms with van der Waals surface area (Å²) in [4.78, 5) is 6.43. The number of nitrogens with zero attached hydrogens (tertiary/aromatic N) is 5. The number of likely N-dealkylation sites (N-methyl/N-ethyl adjacent to an activating group) is 1. The zero-order chi connectivity index (χ0) is 21.5. The first kappa shape index (κ1) is 21.7. The maximum atomic E-state index is 8.94. The van der Waals surface area contributed by atoms with E-state index in [0.29, 0.717) is 19.0 Å². The highest BCUT2D eigenvalue weighted by atomic mass is 32.1. The standard InChI is InChI=1S/C24H30N6S/c1-28-12-14-29(15-13-28)22(23-9-5-16-31-23)18-26-17-21-19-30(11-6-10-25)27-24(21)20-7-3-2-4-8-20/h2-5,7-9,16,19,22,26H,6,11-15,17-18H2,1H3. The summed E-state index contributed by atoms with van der Waals surface area (Å²) in [5.41, 5.74) is 3.29. The van der Waals surface area contributed by atoms with Gasteiger partial charge in [0.15, 0.2) is 0 Å². The SMILES string of the molecule is CN1CCN(C(CNCc2cn(CCC#N)nc2-c2ccccc2)c2cccs2)CC1. The minimum Gasteiger partial charge on any atom is -0.311 e. The third kappa shape index (κ3) is 5.60. The number of nitriles is 1. The van der Waals surface area contributed by atoms with Crippen LogP contribution in [0.1, 0.15) is 22.9 Å². The zero-order valence-electron chi connectivity index (χ0n) is 18.1. The molecule has 1 aliphatic rings. The van der Waals surface area contributed by atoms with Gasteiger partial charge in [-0.2, -0.15) is 10.4 Å². The van der Waals surface area contributed by atoms with Crippen LogP contribution in [-0.2, 0) is 13.1 Å². The Morgan fingerprint density at radius 2 is 1.94 bits per heavy atom. The molecule has 0 radical (unpaired) electrons. The summed E-state index contributed by atoms with van der Waals surface area (Å²) in [6.07, 6.45) is 2.55. The van der Waals surface area contributed by atoms with Gasteiger partial charge in [-0.1, -0.05) is 36.4 Å². The Morgan fingerprint density at radius 1 is 1.13 bits per heavy atom. The van der Waals surface area contributed by atoms with Crippen molar-refractivity contribution >= 4 is 11.3 Å². The second-order valence-electron chi connectivity index (χ2n) is 8.04. The number of aryl methyl sites for hydroxylation is 1. The van der Waals surface area contributed by atoms with Crippen LogP contribution in [0.4, 0.5) is 0 Å². The van der Waals surface area contributed by atoms with Crippen LogP contribution in [0.15, 0.2) is 54.0 Å². The third-order valence-electron chi connectivity index (χ3n) is 5.84. The van der Waals surface area contributed by atoms with Gasteiger partial charge in [0.2, 0.25) is 0 Å². The van der Waals surface area contributed by atoms with Gasteiger partial charge in [-0.3, -0.25) is 9.58 Å². The predicted octanol–water partition coefficient (Wildman–Crippen LogP) is 3.60. The van der Waals surface area contributed by atoms with Gasteiger partial charge < -0.3 is 10.2 Å². The summed E-state index contributed by atoms with van der Waals surface area (Å²) in [5, 5.41) is 19.6. The molecule has 31 heavy (non-hydrogen) atoms. The van der Waals surface area contributed by atoms with Gasteiger partial charge in [0.25, 0.3) is 0 Å². The highest BCUT2D eigenvalue weighted by Gasteiger charge is 2.24. The molecule has 6 nitrogen and oxygen atoms in total. The number of piperazine rings is 1. The van der Waals surface area contributed by atoms with E-state index in [4.69, 9.17) is 10.4 Å². The van der Waals surface area contributed by atoms with Gasteiger partial charge in [0.1, 0.15) is 0 Å². The normalized spacial score (nSPS) is 16.3. The van der Waals surface area contributed by atoms with E-state index in [2.05, 4.69) is 64.1 Å². The Balaban J connectivity index is 1.47. The molecule has 0 saturated carbocycles. The quantitative estimate of drug-likeness (QED) is 0.558. The van der Waals surface area contributed by atoms with Crippen LogP contribution < -0.4 is 5.32 Å². The maximum Gasteiger partial charge on any atom is 0.0968 e. The molecule has 7 heteroatoms. The zero-order valence-corrected chi connectivity index (χ0v) is 18.9. The van der Waals surface area contributed by atoms with Crippen molar-refractivity contribution in [3.8, 4) is 17.3 Å². The lowest BCUT2D eigenvalue weighted by molar-refractivity contribution is 0.111. The summed E-state index contributed by atoms with van der Waals surface area (Å²) in [6, 6.07) is 17.3. The summed E-state index contributed by atoms with van der Waals surface area (Å²) in [5.74, 6) is 0. The minimum absolute atomic E-state index is 0.391. The van der Waals surface area contributed by atoms with Crippen LogP contribution in [0.2, 0.25) is 0 Å². The lowest BCUT2D eigenvalue weighted by atomic mass is 10.1. The molecule has 1 unspecified atom stereocenters. The van der Waals surface area contributed by atoms with Crippen molar-refractivity contribution < 1.29 is 0 Å². The molecule has 4 rings (SSSR count). The first-order valence-electron chi connectivity index (χ1n) is 10.9. The number of nitrogens with one attached hydrogen (secondary N) is 1. The second kappa shape index (κ2) is 10.7. The molecule has 1 N–H and O–H groups in total. The molecule has 0 bridgehead atoms. The number of benzene rings is 1. The van der Waals surface area contributed by atoms with Gasteiger partial charge in [0, 0.05) is 61.5 Å².